The van der Waals surface area contributed by atoms with E-state index in [1.54, 1.807) is 36.0 Å². The molecule has 0 radical (unpaired) electrons. The Bertz CT molecular complexity index is 817. The second kappa shape index (κ2) is 6.03. The van der Waals surface area contributed by atoms with Gasteiger partial charge >= 0.3 is 0 Å². The van der Waals surface area contributed by atoms with Gasteiger partial charge in [0.15, 0.2) is 5.13 Å². The van der Waals surface area contributed by atoms with Gasteiger partial charge in [0, 0.05) is 28.9 Å². The van der Waals surface area contributed by atoms with Crippen molar-refractivity contribution >= 4 is 22.4 Å². The molecule has 0 unspecified atom stereocenters. The highest BCUT2D eigenvalue weighted by Gasteiger charge is 2.12. The first-order valence-corrected chi connectivity index (χ1v) is 7.45. The van der Waals surface area contributed by atoms with Gasteiger partial charge in [-0.3, -0.25) is 15.1 Å². The van der Waals surface area contributed by atoms with Crippen molar-refractivity contribution in [2.75, 3.05) is 5.32 Å². The molecule has 0 saturated heterocycles. The van der Waals surface area contributed by atoms with E-state index in [-0.39, 0.29) is 11.7 Å². The molecule has 0 spiro atoms. The third kappa shape index (κ3) is 3.01. The topological polar surface area (TPSA) is 54.9 Å². The van der Waals surface area contributed by atoms with Crippen LogP contribution in [-0.2, 0) is 0 Å². The van der Waals surface area contributed by atoms with Crippen molar-refractivity contribution in [1.29, 1.82) is 0 Å². The summed E-state index contributed by atoms with van der Waals surface area (Å²) in [4.78, 5) is 20.2. The van der Waals surface area contributed by atoms with Crippen LogP contribution in [0.25, 0.3) is 11.3 Å². The maximum atomic E-state index is 13.9. The Morgan fingerprint density at radius 3 is 2.73 bits per heavy atom. The summed E-state index contributed by atoms with van der Waals surface area (Å²) < 4.78 is 13.9. The third-order valence-corrected chi connectivity index (χ3v) is 3.83. The van der Waals surface area contributed by atoms with Gasteiger partial charge in [-0.2, -0.15) is 0 Å². The van der Waals surface area contributed by atoms with Gasteiger partial charge in [-0.1, -0.05) is 6.07 Å². The quantitative estimate of drug-likeness (QED) is 0.797. The van der Waals surface area contributed by atoms with Gasteiger partial charge in [0.25, 0.3) is 5.91 Å². The third-order valence-electron chi connectivity index (χ3n) is 3.07. The fourth-order valence-corrected chi connectivity index (χ4v) is 2.66. The predicted octanol–water partition coefficient (Wildman–Crippen LogP) is 3.90. The number of rotatable bonds is 3. The molecule has 22 heavy (non-hydrogen) atoms. The molecule has 3 aromatic rings. The van der Waals surface area contributed by atoms with Crippen molar-refractivity contribution < 1.29 is 9.18 Å². The summed E-state index contributed by atoms with van der Waals surface area (Å²) in [5, 5.41) is 4.84. The van der Waals surface area contributed by atoms with Crippen molar-refractivity contribution in [3.8, 4) is 11.3 Å². The first-order chi connectivity index (χ1) is 10.6. The first kappa shape index (κ1) is 14.3. The minimum Gasteiger partial charge on any atom is -0.298 e. The monoisotopic (exact) mass is 313 g/mol. The summed E-state index contributed by atoms with van der Waals surface area (Å²) in [6.45, 7) is 1.83. The largest absolute Gasteiger partial charge is 0.298 e. The van der Waals surface area contributed by atoms with E-state index in [9.17, 15) is 9.18 Å². The average molecular weight is 313 g/mol. The van der Waals surface area contributed by atoms with Crippen molar-refractivity contribution in [3.05, 3.63) is 65.0 Å². The normalized spacial score (nSPS) is 10.5. The van der Waals surface area contributed by atoms with Crippen molar-refractivity contribution in [3.63, 3.8) is 0 Å². The Labute approximate surface area is 130 Å². The van der Waals surface area contributed by atoms with Gasteiger partial charge in [0.2, 0.25) is 0 Å². The van der Waals surface area contributed by atoms with Crippen LogP contribution in [0, 0.1) is 12.7 Å². The maximum Gasteiger partial charge on any atom is 0.257 e. The van der Waals surface area contributed by atoms with Gasteiger partial charge in [-0.05, 0) is 36.8 Å². The molecular weight excluding hydrogens is 301 g/mol. The summed E-state index contributed by atoms with van der Waals surface area (Å²) >= 11 is 1.25. The number of anilines is 1. The van der Waals surface area contributed by atoms with E-state index in [2.05, 4.69) is 15.3 Å². The number of nitrogens with one attached hydrogen (secondary N) is 1. The van der Waals surface area contributed by atoms with Crippen molar-refractivity contribution in [2.24, 2.45) is 0 Å². The molecule has 4 nitrogen and oxygen atoms in total. The van der Waals surface area contributed by atoms with Crippen LogP contribution in [0.5, 0.6) is 0 Å². The van der Waals surface area contributed by atoms with E-state index in [4.69, 9.17) is 0 Å². The second-order valence-electron chi connectivity index (χ2n) is 4.71. The van der Waals surface area contributed by atoms with Gasteiger partial charge in [0.05, 0.1) is 5.69 Å². The lowest BCUT2D eigenvalue weighted by molar-refractivity contribution is 0.102. The van der Waals surface area contributed by atoms with E-state index in [0.717, 1.165) is 5.56 Å². The van der Waals surface area contributed by atoms with Gasteiger partial charge in [-0.25, -0.2) is 9.37 Å². The number of carbonyl (C=O) groups excluding carboxylic acids is 1. The predicted molar refractivity (Wildman–Crippen MR) is 84.4 cm³/mol. The Kier molecular flexibility index (Phi) is 3.93. The number of aryl methyl sites for hydroxylation is 1. The Morgan fingerprint density at radius 2 is 2.00 bits per heavy atom. The van der Waals surface area contributed by atoms with Crippen molar-refractivity contribution in [2.45, 2.75) is 6.92 Å². The van der Waals surface area contributed by atoms with Crippen LogP contribution in [0.2, 0.25) is 0 Å². The molecule has 1 aromatic carbocycles. The number of amides is 1. The zero-order valence-electron chi connectivity index (χ0n) is 11.7. The van der Waals surface area contributed by atoms with E-state index in [0.29, 0.717) is 22.0 Å². The molecule has 110 valence electrons. The SMILES string of the molecule is Cc1ccc(-c2csc(NC(=O)c3ccncc3)n2)c(F)c1. The van der Waals surface area contributed by atoms with E-state index < -0.39 is 0 Å². The highest BCUT2D eigenvalue weighted by atomic mass is 32.1. The Balaban J connectivity index is 1.81. The van der Waals surface area contributed by atoms with Crippen LogP contribution in [0.15, 0.2) is 48.1 Å². The number of pyridine rings is 1. The molecule has 2 aromatic heterocycles. The number of hydrogen-bond acceptors (Lipinski definition) is 4. The van der Waals surface area contributed by atoms with Crippen LogP contribution < -0.4 is 5.32 Å². The van der Waals surface area contributed by atoms with E-state index in [1.807, 2.05) is 13.0 Å². The van der Waals surface area contributed by atoms with Crippen LogP contribution in [-0.4, -0.2) is 15.9 Å². The number of nitrogens with zero attached hydrogens (tertiary/aromatic N) is 2. The Morgan fingerprint density at radius 1 is 1.23 bits per heavy atom. The summed E-state index contributed by atoms with van der Waals surface area (Å²) in [5.74, 6) is -0.593. The van der Waals surface area contributed by atoms with Crippen LogP contribution in [0.4, 0.5) is 9.52 Å². The molecular formula is C16H12FN3OS. The summed E-state index contributed by atoms with van der Waals surface area (Å²) in [5.41, 5.74) is 2.27. The molecule has 0 aliphatic rings. The van der Waals surface area contributed by atoms with Gasteiger partial charge < -0.3 is 0 Å². The molecule has 3 rings (SSSR count). The molecule has 1 amide bonds. The number of hydrogen-bond donors (Lipinski definition) is 1. The molecule has 0 saturated carbocycles. The van der Waals surface area contributed by atoms with Crippen LogP contribution in [0.3, 0.4) is 0 Å². The lowest BCUT2D eigenvalue weighted by Crippen LogP contribution is -2.11. The smallest absolute Gasteiger partial charge is 0.257 e. The zero-order valence-corrected chi connectivity index (χ0v) is 12.5. The number of carbonyl (C=O) groups is 1. The minimum atomic E-state index is -0.322. The van der Waals surface area contributed by atoms with Gasteiger partial charge in [0.1, 0.15) is 5.82 Å². The maximum absolute atomic E-state index is 13.9. The number of benzene rings is 1. The zero-order chi connectivity index (χ0) is 15.5. The first-order valence-electron chi connectivity index (χ1n) is 6.57. The van der Waals surface area contributed by atoms with Gasteiger partial charge in [-0.15, -0.1) is 11.3 Å². The second-order valence-corrected chi connectivity index (χ2v) is 5.57. The van der Waals surface area contributed by atoms with Crippen LogP contribution in [0.1, 0.15) is 15.9 Å². The number of aromatic nitrogens is 2. The molecule has 1 N–H and O–H groups in total. The van der Waals surface area contributed by atoms with Crippen molar-refractivity contribution in [1.82, 2.24) is 9.97 Å². The average Bonchev–Trinajstić information content (AvgIpc) is 2.96. The minimum absolute atomic E-state index is 0.271. The lowest BCUT2D eigenvalue weighted by Gasteiger charge is -2.02. The van der Waals surface area contributed by atoms with Crippen LogP contribution >= 0.6 is 11.3 Å². The lowest BCUT2D eigenvalue weighted by atomic mass is 10.1. The number of thiazole rings is 1. The summed E-state index contributed by atoms with van der Waals surface area (Å²) in [6, 6.07) is 8.21. The molecule has 6 heteroatoms. The highest BCUT2D eigenvalue weighted by Crippen LogP contribution is 2.27. The fraction of sp³-hybridized carbons (Fsp3) is 0.0625. The molecule has 0 aliphatic carbocycles. The summed E-state index contributed by atoms with van der Waals surface area (Å²) in [7, 11) is 0. The highest BCUT2D eigenvalue weighted by molar-refractivity contribution is 7.14. The molecule has 0 aliphatic heterocycles. The molecule has 2 heterocycles. The molecule has 0 atom stereocenters. The molecule has 0 fully saturated rings. The summed E-state index contributed by atoms with van der Waals surface area (Å²) in [6.07, 6.45) is 3.09. The number of halogens is 1. The van der Waals surface area contributed by atoms with E-state index >= 15 is 0 Å². The standard InChI is InChI=1S/C16H12FN3OS/c1-10-2-3-12(13(17)8-10)14-9-22-16(19-14)20-15(21)11-4-6-18-7-5-11/h2-9H,1H3,(H,19,20,21). The molecule has 0 bridgehead atoms. The van der Waals surface area contributed by atoms with E-state index in [1.165, 1.54) is 17.4 Å². The Hall–Kier alpha value is -2.60. The fourth-order valence-electron chi connectivity index (χ4n) is 1.96.